The molecule has 30 heavy (non-hydrogen) atoms. The number of fused-ring (bicyclic) bond motifs is 3. The molecule has 0 unspecified atom stereocenters. The predicted octanol–water partition coefficient (Wildman–Crippen LogP) is 4.47. The number of aromatic nitrogens is 2. The van der Waals surface area contributed by atoms with E-state index >= 15 is 0 Å². The number of nitrogens with two attached hydrogens (primary N) is 1. The van der Waals surface area contributed by atoms with Crippen molar-refractivity contribution in [2.45, 2.75) is 44.1 Å². The number of benzene rings is 1. The lowest BCUT2D eigenvalue weighted by molar-refractivity contribution is 0.0694. The molecule has 2 heterocycles. The zero-order chi connectivity index (χ0) is 20.7. The third-order valence-electron chi connectivity index (χ3n) is 6.44. The number of hydrogen-bond donors (Lipinski definition) is 3. The quantitative estimate of drug-likeness (QED) is 0.590. The van der Waals surface area contributed by atoms with Gasteiger partial charge in [0.25, 0.3) is 0 Å². The normalized spacial score (nSPS) is 16.7. The zero-order valence-electron chi connectivity index (χ0n) is 16.8. The van der Waals surface area contributed by atoms with Crippen LogP contribution >= 0.6 is 0 Å². The minimum atomic E-state index is -0.868. The van der Waals surface area contributed by atoms with E-state index < -0.39 is 5.97 Å². The second-order valence-electron chi connectivity index (χ2n) is 8.54. The number of nitrogens with zero attached hydrogens (tertiary/aromatic N) is 1. The van der Waals surface area contributed by atoms with Gasteiger partial charge in [0.05, 0.1) is 17.0 Å². The van der Waals surface area contributed by atoms with Gasteiger partial charge in [0, 0.05) is 29.4 Å². The molecule has 2 aliphatic rings. The van der Waals surface area contributed by atoms with Crippen molar-refractivity contribution < 1.29 is 9.90 Å². The summed E-state index contributed by atoms with van der Waals surface area (Å²) in [4.78, 5) is 20.1. The molecule has 152 valence electrons. The Morgan fingerprint density at radius 3 is 2.70 bits per heavy atom. The smallest absolute Gasteiger partial charge is 0.337 e. The van der Waals surface area contributed by atoms with E-state index in [0.717, 1.165) is 65.0 Å². The number of nitrogens with one attached hydrogen (secondary N) is 1. The van der Waals surface area contributed by atoms with Crippen LogP contribution in [-0.2, 0) is 19.3 Å². The number of carboxylic acid groups (broad SMARTS) is 1. The number of rotatable bonds is 5. The lowest BCUT2D eigenvalue weighted by Gasteiger charge is -2.38. The van der Waals surface area contributed by atoms with Crippen LogP contribution in [0.3, 0.4) is 0 Å². The second-order valence-corrected chi connectivity index (χ2v) is 8.54. The van der Waals surface area contributed by atoms with Crippen LogP contribution in [0.5, 0.6) is 0 Å². The highest BCUT2D eigenvalue weighted by atomic mass is 16.4. The molecule has 0 aliphatic heterocycles. The van der Waals surface area contributed by atoms with Crippen molar-refractivity contribution in [2.24, 2.45) is 5.73 Å². The van der Waals surface area contributed by atoms with E-state index in [4.69, 9.17) is 5.73 Å². The van der Waals surface area contributed by atoms with Gasteiger partial charge in [-0.2, -0.15) is 0 Å². The van der Waals surface area contributed by atoms with Crippen LogP contribution in [0.1, 0.15) is 57.7 Å². The van der Waals surface area contributed by atoms with E-state index in [1.165, 1.54) is 0 Å². The molecule has 5 nitrogen and oxygen atoms in total. The topological polar surface area (TPSA) is 92.0 Å². The molecule has 2 aromatic heterocycles. The third kappa shape index (κ3) is 3.35. The van der Waals surface area contributed by atoms with E-state index in [1.807, 2.05) is 48.7 Å². The van der Waals surface area contributed by atoms with Crippen molar-refractivity contribution >= 4 is 18.1 Å². The van der Waals surface area contributed by atoms with Gasteiger partial charge in [0.1, 0.15) is 0 Å². The maximum Gasteiger partial charge on any atom is 0.337 e. The van der Waals surface area contributed by atoms with Crippen molar-refractivity contribution in [3.8, 4) is 11.3 Å². The molecule has 3 aromatic rings. The maximum absolute atomic E-state index is 12.1. The minimum absolute atomic E-state index is 0.275. The average molecular weight is 399 g/mol. The van der Waals surface area contributed by atoms with Crippen LogP contribution in [-0.4, -0.2) is 26.6 Å². The van der Waals surface area contributed by atoms with Crippen LogP contribution in [0.25, 0.3) is 23.4 Å². The highest BCUT2D eigenvalue weighted by molar-refractivity contribution is 5.94. The first-order chi connectivity index (χ1) is 14.5. The monoisotopic (exact) mass is 399 g/mol. The Morgan fingerprint density at radius 1 is 1.20 bits per heavy atom. The lowest BCUT2D eigenvalue weighted by Crippen LogP contribution is -2.48. The zero-order valence-corrected chi connectivity index (χ0v) is 16.8. The van der Waals surface area contributed by atoms with Crippen LogP contribution < -0.4 is 5.73 Å². The van der Waals surface area contributed by atoms with Gasteiger partial charge in [0.2, 0.25) is 0 Å². The number of aromatic carboxylic acids is 1. The van der Waals surface area contributed by atoms with Gasteiger partial charge in [-0.25, -0.2) is 4.79 Å². The summed E-state index contributed by atoms with van der Waals surface area (Å²) in [6.45, 7) is 0. The van der Waals surface area contributed by atoms with E-state index in [9.17, 15) is 9.90 Å². The molecule has 0 saturated heterocycles. The van der Waals surface area contributed by atoms with Crippen molar-refractivity contribution in [3.63, 3.8) is 0 Å². The van der Waals surface area contributed by atoms with E-state index in [0.29, 0.717) is 18.4 Å². The van der Waals surface area contributed by atoms with Gasteiger partial charge in [-0.1, -0.05) is 36.4 Å². The molecule has 2 aliphatic carbocycles. The number of aryl methyl sites for hydroxylation is 1. The van der Waals surface area contributed by atoms with Gasteiger partial charge < -0.3 is 15.8 Å². The van der Waals surface area contributed by atoms with Gasteiger partial charge in [-0.15, -0.1) is 0 Å². The van der Waals surface area contributed by atoms with Gasteiger partial charge in [-0.05, 0) is 60.9 Å². The molecule has 1 fully saturated rings. The first kappa shape index (κ1) is 18.8. The summed E-state index contributed by atoms with van der Waals surface area (Å²) >= 11 is 0. The van der Waals surface area contributed by atoms with Crippen molar-refractivity contribution in [1.82, 2.24) is 9.97 Å². The van der Waals surface area contributed by atoms with E-state index in [-0.39, 0.29) is 5.54 Å². The first-order valence-electron chi connectivity index (χ1n) is 10.5. The molecule has 1 aromatic carbocycles. The number of pyridine rings is 1. The van der Waals surface area contributed by atoms with E-state index in [2.05, 4.69) is 16.0 Å². The standard InChI is InChI=1S/C25H25N3O2/c26-25(11-4-12-25)14-21-22(24(29)30)19-10-8-17-15-27-18(13-20(17)23(19)28-21)9-7-16-5-2-1-3-6-16/h1-3,5-7,9,13,15,28H,4,8,10-12,14,26H2,(H,29,30)/b9-7+. The Hall–Kier alpha value is -3.18. The van der Waals surface area contributed by atoms with Crippen molar-refractivity contribution in [2.75, 3.05) is 0 Å². The maximum atomic E-state index is 12.1. The SMILES string of the molecule is NC1(Cc2[nH]c3c(c2C(=O)O)CCc2cnc(/C=C/c4ccccc4)cc2-3)CCC1. The molecule has 5 heteroatoms. The Kier molecular flexibility index (Phi) is 4.55. The fourth-order valence-electron chi connectivity index (χ4n) is 4.65. The van der Waals surface area contributed by atoms with Crippen LogP contribution in [0.4, 0.5) is 0 Å². The summed E-state index contributed by atoms with van der Waals surface area (Å²) in [6, 6.07) is 12.2. The molecule has 0 bridgehead atoms. The molecule has 1 saturated carbocycles. The second kappa shape index (κ2) is 7.26. The minimum Gasteiger partial charge on any atom is -0.478 e. The van der Waals surface area contributed by atoms with Gasteiger partial charge in [0.15, 0.2) is 0 Å². The van der Waals surface area contributed by atoms with Crippen LogP contribution in [0, 0.1) is 0 Å². The number of aromatic amines is 1. The Balaban J connectivity index is 1.54. The Bertz CT molecular complexity index is 1140. The summed E-state index contributed by atoms with van der Waals surface area (Å²) in [5.41, 5.74) is 13.3. The summed E-state index contributed by atoms with van der Waals surface area (Å²) in [5.74, 6) is -0.868. The number of carbonyl (C=O) groups is 1. The molecular formula is C25H25N3O2. The largest absolute Gasteiger partial charge is 0.478 e. The fraction of sp³-hybridized carbons (Fsp3) is 0.280. The molecule has 4 N–H and O–H groups in total. The number of hydrogen-bond acceptors (Lipinski definition) is 3. The molecule has 0 radical (unpaired) electrons. The fourth-order valence-corrected chi connectivity index (χ4v) is 4.65. The average Bonchev–Trinajstić information content (AvgIpc) is 3.10. The molecule has 0 atom stereocenters. The first-order valence-corrected chi connectivity index (χ1v) is 10.5. The van der Waals surface area contributed by atoms with Crippen molar-refractivity contribution in [3.05, 3.63) is 76.2 Å². The third-order valence-corrected chi connectivity index (χ3v) is 6.44. The molecule has 5 rings (SSSR count). The van der Waals surface area contributed by atoms with Crippen LogP contribution in [0.2, 0.25) is 0 Å². The number of carboxylic acids is 1. The Labute approximate surface area is 175 Å². The van der Waals surface area contributed by atoms with Gasteiger partial charge >= 0.3 is 5.97 Å². The van der Waals surface area contributed by atoms with E-state index in [1.54, 1.807) is 0 Å². The summed E-state index contributed by atoms with van der Waals surface area (Å²) < 4.78 is 0. The highest BCUT2D eigenvalue weighted by Gasteiger charge is 2.36. The summed E-state index contributed by atoms with van der Waals surface area (Å²) in [5, 5.41) is 9.93. The summed E-state index contributed by atoms with van der Waals surface area (Å²) in [6.07, 6.45) is 11.1. The highest BCUT2D eigenvalue weighted by Crippen LogP contribution is 2.39. The van der Waals surface area contributed by atoms with Crippen molar-refractivity contribution in [1.29, 1.82) is 0 Å². The predicted molar refractivity (Wildman–Crippen MR) is 118 cm³/mol. The number of H-pyrrole nitrogens is 1. The summed E-state index contributed by atoms with van der Waals surface area (Å²) in [7, 11) is 0. The lowest BCUT2D eigenvalue weighted by atomic mass is 9.74. The Morgan fingerprint density at radius 2 is 2.00 bits per heavy atom. The van der Waals surface area contributed by atoms with Crippen LogP contribution in [0.15, 0.2) is 42.6 Å². The van der Waals surface area contributed by atoms with Gasteiger partial charge in [-0.3, -0.25) is 4.98 Å². The molecular weight excluding hydrogens is 374 g/mol. The molecule has 0 amide bonds. The molecule has 0 spiro atoms.